The van der Waals surface area contributed by atoms with Crippen molar-refractivity contribution >= 4 is 40.0 Å². The summed E-state index contributed by atoms with van der Waals surface area (Å²) in [6.45, 7) is 2.41. The van der Waals surface area contributed by atoms with Crippen LogP contribution >= 0.6 is 0 Å². The van der Waals surface area contributed by atoms with Crippen LogP contribution in [0.2, 0.25) is 0 Å². The van der Waals surface area contributed by atoms with E-state index in [0.29, 0.717) is 6.54 Å². The molecule has 0 saturated heterocycles. The number of allylic oxidation sites excluding steroid dienone is 2. The van der Waals surface area contributed by atoms with E-state index in [1.54, 1.807) is 12.3 Å². The summed E-state index contributed by atoms with van der Waals surface area (Å²) in [5.41, 5.74) is 7.49. The molecule has 0 aromatic heterocycles. The van der Waals surface area contributed by atoms with Crippen LogP contribution in [0.1, 0.15) is 35.6 Å². The minimum absolute atomic E-state index is 0.109. The number of nitrogens with zero attached hydrogens (tertiary/aromatic N) is 1. The van der Waals surface area contributed by atoms with Gasteiger partial charge in [-0.15, -0.1) is 0 Å². The Hall–Kier alpha value is -3.35. The summed E-state index contributed by atoms with van der Waals surface area (Å²) in [5.74, 6) is -0.436. The molecule has 0 bridgehead atoms. The molecule has 0 spiro atoms. The number of carbonyl (C=O) groups excluding carboxylic acids is 1. The maximum atomic E-state index is 14.2. The maximum absolute atomic E-state index is 14.2. The van der Waals surface area contributed by atoms with E-state index in [1.807, 2.05) is 80.5 Å². The molecule has 1 aliphatic rings. The maximum Gasteiger partial charge on any atom is 0.224 e. The quantitative estimate of drug-likeness (QED) is 0.437. The van der Waals surface area contributed by atoms with Crippen molar-refractivity contribution in [2.45, 2.75) is 24.8 Å². The van der Waals surface area contributed by atoms with Crippen LogP contribution in [-0.2, 0) is 22.5 Å². The molecule has 1 atom stereocenters. The van der Waals surface area contributed by atoms with Crippen molar-refractivity contribution in [3.8, 4) is 0 Å². The molecular formula is C29H29FN2O2S. The zero-order valence-electron chi connectivity index (χ0n) is 20.4. The normalized spacial score (nSPS) is 14.7. The Morgan fingerprint density at radius 2 is 1.71 bits per heavy atom. The van der Waals surface area contributed by atoms with Gasteiger partial charge in [0.2, 0.25) is 5.91 Å². The van der Waals surface area contributed by atoms with Crippen molar-refractivity contribution in [1.82, 2.24) is 5.32 Å². The van der Waals surface area contributed by atoms with Gasteiger partial charge in [-0.1, -0.05) is 18.2 Å². The van der Waals surface area contributed by atoms with E-state index >= 15 is 0 Å². The van der Waals surface area contributed by atoms with Crippen molar-refractivity contribution in [3.63, 3.8) is 0 Å². The van der Waals surface area contributed by atoms with Crippen LogP contribution in [0.15, 0.2) is 77.2 Å². The molecule has 3 aromatic carbocycles. The Morgan fingerprint density at radius 3 is 2.34 bits per heavy atom. The van der Waals surface area contributed by atoms with Gasteiger partial charge in [0.15, 0.2) is 4.90 Å². The Balaban J connectivity index is 1.55. The highest BCUT2D eigenvalue weighted by atomic mass is 32.2. The van der Waals surface area contributed by atoms with Crippen LogP contribution < -0.4 is 10.2 Å². The molecule has 4 nitrogen and oxygen atoms in total. The second kappa shape index (κ2) is 10.5. The Bertz CT molecular complexity index is 1290. The minimum atomic E-state index is -1.04. The van der Waals surface area contributed by atoms with E-state index in [9.17, 15) is 13.7 Å². The summed E-state index contributed by atoms with van der Waals surface area (Å²) in [5, 5.41) is 2.99. The molecular weight excluding hydrogens is 459 g/mol. The fourth-order valence-electron chi connectivity index (χ4n) is 4.24. The van der Waals surface area contributed by atoms with Gasteiger partial charge in [-0.3, -0.25) is 4.79 Å². The third-order valence-corrected chi connectivity index (χ3v) is 7.19. The molecule has 1 N–H and O–H groups in total. The van der Waals surface area contributed by atoms with Gasteiger partial charge in [0.1, 0.15) is 12.1 Å². The third-order valence-electron chi connectivity index (χ3n) is 6.26. The van der Waals surface area contributed by atoms with Crippen molar-refractivity contribution in [2.75, 3.05) is 25.3 Å². The highest BCUT2D eigenvalue weighted by Gasteiger charge is 2.25. The van der Waals surface area contributed by atoms with Crippen LogP contribution in [0, 0.1) is 5.82 Å². The molecule has 0 saturated carbocycles. The molecule has 180 valence electrons. The number of amides is 1. The molecule has 1 aliphatic carbocycles. The van der Waals surface area contributed by atoms with Crippen molar-refractivity contribution in [1.29, 1.82) is 0 Å². The number of halogens is 1. The first-order chi connectivity index (χ1) is 16.7. The van der Waals surface area contributed by atoms with Crippen molar-refractivity contribution in [2.24, 2.45) is 0 Å². The summed E-state index contributed by atoms with van der Waals surface area (Å²) < 4.78 is 25.9. The number of fused-ring (bicyclic) bond motifs is 1. The van der Waals surface area contributed by atoms with Gasteiger partial charge in [0, 0.05) is 26.3 Å². The van der Waals surface area contributed by atoms with Gasteiger partial charge in [-0.25, -0.2) is 4.39 Å². The second-order valence-corrected chi connectivity index (χ2v) is 10.3. The summed E-state index contributed by atoms with van der Waals surface area (Å²) in [6.07, 6.45) is 3.85. The zero-order chi connectivity index (χ0) is 25.1. The molecule has 0 aliphatic heterocycles. The molecule has 35 heavy (non-hydrogen) atoms. The minimum Gasteiger partial charge on any atom is -0.612 e. The van der Waals surface area contributed by atoms with Gasteiger partial charge < -0.3 is 14.8 Å². The van der Waals surface area contributed by atoms with E-state index in [1.165, 1.54) is 12.1 Å². The van der Waals surface area contributed by atoms with E-state index in [-0.39, 0.29) is 18.1 Å². The van der Waals surface area contributed by atoms with Crippen LogP contribution in [0.25, 0.3) is 17.2 Å². The van der Waals surface area contributed by atoms with E-state index < -0.39 is 11.2 Å². The van der Waals surface area contributed by atoms with Crippen LogP contribution in [-0.4, -0.2) is 30.8 Å². The number of hydrogen-bond donors (Lipinski definition) is 1. The fraction of sp³-hybridized carbons (Fsp3) is 0.207. The molecule has 1 unspecified atom stereocenters. The lowest BCUT2D eigenvalue weighted by Crippen LogP contribution is -2.22. The standard InChI is InChI=1S/C29H29FN2O2S/c1-19-26(15-20-7-12-24(13-8-20)35(4)34)25-14-9-22(30)16-28(25)27(19)17-29(33)31-18-21-5-10-23(11-6-21)32(2)3/h5-16H,17-18H2,1-4H3,(H,31,33)/b26-15+. The molecule has 0 fully saturated rings. The highest BCUT2D eigenvalue weighted by molar-refractivity contribution is 7.90. The molecule has 0 radical (unpaired) electrons. The molecule has 6 heteroatoms. The van der Waals surface area contributed by atoms with Crippen molar-refractivity contribution < 1.29 is 13.7 Å². The number of rotatable bonds is 7. The fourth-order valence-corrected chi connectivity index (χ4v) is 4.76. The first-order valence-electron chi connectivity index (χ1n) is 11.4. The van der Waals surface area contributed by atoms with Crippen molar-refractivity contribution in [3.05, 3.63) is 100 Å². The predicted octanol–water partition coefficient (Wildman–Crippen LogP) is 5.66. The van der Waals surface area contributed by atoms with Crippen LogP contribution in [0.4, 0.5) is 10.1 Å². The molecule has 4 rings (SSSR count). The summed E-state index contributed by atoms with van der Waals surface area (Å²) in [6, 6.07) is 20.3. The number of anilines is 1. The summed E-state index contributed by atoms with van der Waals surface area (Å²) in [4.78, 5) is 15.7. The zero-order valence-corrected chi connectivity index (χ0v) is 21.2. The number of carbonyl (C=O) groups is 1. The summed E-state index contributed by atoms with van der Waals surface area (Å²) in [7, 11) is 3.97. The first kappa shape index (κ1) is 24.8. The van der Waals surface area contributed by atoms with Gasteiger partial charge in [0.05, 0.1) is 6.42 Å². The smallest absolute Gasteiger partial charge is 0.224 e. The largest absolute Gasteiger partial charge is 0.612 e. The average molecular weight is 489 g/mol. The van der Waals surface area contributed by atoms with E-state index in [0.717, 1.165) is 49.6 Å². The highest BCUT2D eigenvalue weighted by Crippen LogP contribution is 2.43. The molecule has 1 amide bonds. The van der Waals surface area contributed by atoms with Gasteiger partial charge in [-0.2, -0.15) is 0 Å². The predicted molar refractivity (Wildman–Crippen MR) is 143 cm³/mol. The monoisotopic (exact) mass is 488 g/mol. The first-order valence-corrected chi connectivity index (χ1v) is 13.0. The summed E-state index contributed by atoms with van der Waals surface area (Å²) >= 11 is -1.04. The topological polar surface area (TPSA) is 55.4 Å². The van der Waals surface area contributed by atoms with Crippen LogP contribution in [0.3, 0.4) is 0 Å². The Labute approximate surface area is 209 Å². The lowest BCUT2D eigenvalue weighted by atomic mass is 10.0. The Morgan fingerprint density at radius 1 is 1.03 bits per heavy atom. The molecule has 0 heterocycles. The number of hydrogen-bond acceptors (Lipinski definition) is 3. The van der Waals surface area contributed by atoms with E-state index in [4.69, 9.17) is 0 Å². The Kier molecular flexibility index (Phi) is 7.43. The van der Waals surface area contributed by atoms with Gasteiger partial charge in [-0.05, 0) is 112 Å². The lowest BCUT2D eigenvalue weighted by Gasteiger charge is -2.13. The van der Waals surface area contributed by atoms with Gasteiger partial charge >= 0.3 is 0 Å². The third kappa shape index (κ3) is 5.66. The molecule has 3 aromatic rings. The van der Waals surface area contributed by atoms with Crippen LogP contribution in [0.5, 0.6) is 0 Å². The average Bonchev–Trinajstić information content (AvgIpc) is 3.08. The SMILES string of the molecule is CC1=C(CC(=O)NCc2ccc(N(C)C)cc2)c2cc(F)ccc2/C1=C/c1ccc([S+](C)[O-])cc1. The van der Waals surface area contributed by atoms with E-state index in [2.05, 4.69) is 5.32 Å². The number of nitrogens with one attached hydrogen (secondary N) is 1. The lowest BCUT2D eigenvalue weighted by molar-refractivity contribution is -0.120. The number of benzene rings is 3. The van der Waals surface area contributed by atoms with Gasteiger partial charge in [0.25, 0.3) is 0 Å². The second-order valence-electron chi connectivity index (χ2n) is 8.89.